The van der Waals surface area contributed by atoms with Gasteiger partial charge in [0.2, 0.25) is 0 Å². The molecule has 0 aliphatic rings. The average molecular weight is 310 g/mol. The van der Waals surface area contributed by atoms with Crippen LogP contribution in [0.3, 0.4) is 0 Å². The Bertz CT molecular complexity index is 827. The summed E-state index contributed by atoms with van der Waals surface area (Å²) in [4.78, 5) is 20.5. The number of nitrogens with one attached hydrogen (secondary N) is 1. The number of fused-ring (bicyclic) bond motifs is 1. The van der Waals surface area contributed by atoms with Gasteiger partial charge in [-0.25, -0.2) is 4.98 Å². The lowest BCUT2D eigenvalue weighted by molar-refractivity contribution is 0.0953. The Morgan fingerprint density at radius 3 is 2.96 bits per heavy atom. The molecule has 0 unspecified atom stereocenters. The maximum Gasteiger partial charge on any atom is 0.252 e. The molecule has 6 nitrogen and oxygen atoms in total. The third kappa shape index (κ3) is 3.15. The van der Waals surface area contributed by atoms with E-state index in [0.717, 1.165) is 22.6 Å². The molecule has 1 amide bonds. The Morgan fingerprint density at radius 1 is 1.35 bits per heavy atom. The first-order valence-electron chi connectivity index (χ1n) is 7.36. The zero-order chi connectivity index (χ0) is 16.2. The van der Waals surface area contributed by atoms with Gasteiger partial charge in [-0.3, -0.25) is 9.78 Å². The van der Waals surface area contributed by atoms with Crippen LogP contribution in [0.15, 0.2) is 42.7 Å². The minimum Gasteiger partial charge on any atom is -0.497 e. The largest absolute Gasteiger partial charge is 0.497 e. The topological polar surface area (TPSA) is 69.0 Å². The van der Waals surface area contributed by atoms with Gasteiger partial charge in [-0.05, 0) is 24.3 Å². The number of carbonyl (C=O) groups is 1. The highest BCUT2D eigenvalue weighted by molar-refractivity contribution is 5.93. The van der Waals surface area contributed by atoms with Crippen LogP contribution in [0.4, 0.5) is 0 Å². The van der Waals surface area contributed by atoms with Gasteiger partial charge in [0.05, 0.1) is 23.7 Å². The minimum atomic E-state index is -0.126. The van der Waals surface area contributed by atoms with Crippen LogP contribution in [-0.2, 0) is 13.5 Å². The molecule has 2 heterocycles. The zero-order valence-corrected chi connectivity index (χ0v) is 13.1. The normalized spacial score (nSPS) is 10.7. The molecular formula is C17H18N4O2. The Labute approximate surface area is 134 Å². The SMILES string of the molecule is COc1ccc2c(c1)nc(CCNC(=O)c1cccnc1)n2C. The number of hydrogen-bond donors (Lipinski definition) is 1. The highest BCUT2D eigenvalue weighted by Crippen LogP contribution is 2.20. The van der Waals surface area contributed by atoms with E-state index in [4.69, 9.17) is 4.74 Å². The quantitative estimate of drug-likeness (QED) is 0.782. The molecule has 23 heavy (non-hydrogen) atoms. The van der Waals surface area contributed by atoms with Gasteiger partial charge < -0.3 is 14.6 Å². The number of aryl methyl sites for hydroxylation is 1. The number of rotatable bonds is 5. The van der Waals surface area contributed by atoms with Crippen LogP contribution in [0, 0.1) is 0 Å². The van der Waals surface area contributed by atoms with E-state index in [-0.39, 0.29) is 5.91 Å². The fourth-order valence-corrected chi connectivity index (χ4v) is 2.47. The molecule has 1 aromatic carbocycles. The van der Waals surface area contributed by atoms with E-state index in [9.17, 15) is 4.79 Å². The maximum atomic E-state index is 12.0. The lowest BCUT2D eigenvalue weighted by Gasteiger charge is -2.05. The van der Waals surface area contributed by atoms with Crippen LogP contribution < -0.4 is 10.1 Å². The van der Waals surface area contributed by atoms with E-state index in [0.29, 0.717) is 18.5 Å². The van der Waals surface area contributed by atoms with E-state index in [1.54, 1.807) is 31.6 Å². The lowest BCUT2D eigenvalue weighted by Crippen LogP contribution is -2.26. The molecule has 0 saturated heterocycles. The Balaban J connectivity index is 1.67. The number of pyridine rings is 1. The first-order chi connectivity index (χ1) is 11.2. The molecule has 1 N–H and O–H groups in total. The van der Waals surface area contributed by atoms with Gasteiger partial charge in [0.15, 0.2) is 0 Å². The molecule has 6 heteroatoms. The number of hydrogen-bond acceptors (Lipinski definition) is 4. The Morgan fingerprint density at radius 2 is 2.22 bits per heavy atom. The molecule has 0 fully saturated rings. The third-order valence-electron chi connectivity index (χ3n) is 3.74. The summed E-state index contributed by atoms with van der Waals surface area (Å²) in [6, 6.07) is 9.29. The van der Waals surface area contributed by atoms with Crippen molar-refractivity contribution in [2.75, 3.05) is 13.7 Å². The second-order valence-electron chi connectivity index (χ2n) is 5.19. The van der Waals surface area contributed by atoms with Crippen molar-refractivity contribution >= 4 is 16.9 Å². The molecular weight excluding hydrogens is 292 g/mol. The smallest absolute Gasteiger partial charge is 0.252 e. The monoisotopic (exact) mass is 310 g/mol. The molecule has 0 aliphatic heterocycles. The molecule has 0 spiro atoms. The van der Waals surface area contributed by atoms with E-state index in [2.05, 4.69) is 15.3 Å². The van der Waals surface area contributed by atoms with Crippen molar-refractivity contribution in [1.82, 2.24) is 19.9 Å². The lowest BCUT2D eigenvalue weighted by atomic mass is 10.2. The number of ether oxygens (including phenoxy) is 1. The summed E-state index contributed by atoms with van der Waals surface area (Å²) in [5.74, 6) is 1.57. The molecule has 0 bridgehead atoms. The summed E-state index contributed by atoms with van der Waals surface area (Å²) < 4.78 is 7.25. The fourth-order valence-electron chi connectivity index (χ4n) is 2.47. The number of methoxy groups -OCH3 is 1. The van der Waals surface area contributed by atoms with Crippen molar-refractivity contribution in [3.05, 3.63) is 54.1 Å². The van der Waals surface area contributed by atoms with Gasteiger partial charge >= 0.3 is 0 Å². The van der Waals surface area contributed by atoms with E-state index < -0.39 is 0 Å². The van der Waals surface area contributed by atoms with Gasteiger partial charge in [-0.1, -0.05) is 0 Å². The molecule has 3 aromatic rings. The molecule has 0 aliphatic carbocycles. The summed E-state index contributed by atoms with van der Waals surface area (Å²) >= 11 is 0. The first-order valence-corrected chi connectivity index (χ1v) is 7.36. The minimum absolute atomic E-state index is 0.126. The second-order valence-corrected chi connectivity index (χ2v) is 5.19. The van der Waals surface area contributed by atoms with Crippen molar-refractivity contribution in [3.8, 4) is 5.75 Å². The number of carbonyl (C=O) groups excluding carboxylic acids is 1. The Kier molecular flexibility index (Phi) is 4.23. The van der Waals surface area contributed by atoms with Crippen LogP contribution in [0.1, 0.15) is 16.2 Å². The van der Waals surface area contributed by atoms with Crippen LogP contribution in [0.5, 0.6) is 5.75 Å². The molecule has 0 radical (unpaired) electrons. The molecule has 0 atom stereocenters. The van der Waals surface area contributed by atoms with Crippen molar-refractivity contribution in [2.24, 2.45) is 7.05 Å². The van der Waals surface area contributed by atoms with Gasteiger partial charge in [0.1, 0.15) is 11.6 Å². The van der Waals surface area contributed by atoms with E-state index >= 15 is 0 Å². The van der Waals surface area contributed by atoms with Crippen LogP contribution in [0.2, 0.25) is 0 Å². The number of benzene rings is 1. The summed E-state index contributed by atoms with van der Waals surface area (Å²) in [7, 11) is 3.61. The first kappa shape index (κ1) is 15.0. The van der Waals surface area contributed by atoms with Crippen LogP contribution >= 0.6 is 0 Å². The predicted molar refractivity (Wildman–Crippen MR) is 87.5 cm³/mol. The van der Waals surface area contributed by atoms with Crippen molar-refractivity contribution in [3.63, 3.8) is 0 Å². The van der Waals surface area contributed by atoms with Gasteiger partial charge in [0.25, 0.3) is 5.91 Å². The van der Waals surface area contributed by atoms with E-state index in [1.807, 2.05) is 29.8 Å². The molecule has 118 valence electrons. The molecule has 2 aromatic heterocycles. The number of imidazole rings is 1. The molecule has 0 saturated carbocycles. The molecule has 3 rings (SSSR count). The van der Waals surface area contributed by atoms with Crippen LogP contribution in [-0.4, -0.2) is 34.1 Å². The predicted octanol–water partition coefficient (Wildman–Crippen LogP) is 1.95. The summed E-state index contributed by atoms with van der Waals surface area (Å²) in [5.41, 5.74) is 2.49. The van der Waals surface area contributed by atoms with E-state index in [1.165, 1.54) is 0 Å². The van der Waals surface area contributed by atoms with Gasteiger partial charge in [0, 0.05) is 38.5 Å². The summed E-state index contributed by atoms with van der Waals surface area (Å²) in [6.07, 6.45) is 3.85. The highest BCUT2D eigenvalue weighted by Gasteiger charge is 2.10. The fraction of sp³-hybridized carbons (Fsp3) is 0.235. The van der Waals surface area contributed by atoms with Crippen molar-refractivity contribution in [1.29, 1.82) is 0 Å². The number of aromatic nitrogens is 3. The van der Waals surface area contributed by atoms with Gasteiger partial charge in [-0.2, -0.15) is 0 Å². The van der Waals surface area contributed by atoms with Crippen molar-refractivity contribution < 1.29 is 9.53 Å². The Hall–Kier alpha value is -2.89. The maximum absolute atomic E-state index is 12.0. The number of amides is 1. The summed E-state index contributed by atoms with van der Waals surface area (Å²) in [6.45, 7) is 0.516. The van der Waals surface area contributed by atoms with Crippen LogP contribution in [0.25, 0.3) is 11.0 Å². The second kappa shape index (κ2) is 6.48. The number of nitrogens with zero attached hydrogens (tertiary/aromatic N) is 3. The highest BCUT2D eigenvalue weighted by atomic mass is 16.5. The zero-order valence-electron chi connectivity index (χ0n) is 13.1. The van der Waals surface area contributed by atoms with Crippen molar-refractivity contribution in [2.45, 2.75) is 6.42 Å². The standard InChI is InChI=1S/C17H18N4O2/c1-21-15-6-5-13(23-2)10-14(15)20-16(21)7-9-19-17(22)12-4-3-8-18-11-12/h3-6,8,10-11H,7,9H2,1-2H3,(H,19,22). The van der Waals surface area contributed by atoms with Gasteiger partial charge in [-0.15, -0.1) is 0 Å². The summed E-state index contributed by atoms with van der Waals surface area (Å²) in [5, 5.41) is 2.88. The average Bonchev–Trinajstić information content (AvgIpc) is 2.91. The third-order valence-corrected chi connectivity index (χ3v) is 3.74.